The van der Waals surface area contributed by atoms with E-state index in [1.54, 1.807) is 0 Å². The molecule has 2 heteroatoms. The van der Waals surface area contributed by atoms with Crippen LogP contribution in [0.15, 0.2) is 207 Å². The van der Waals surface area contributed by atoms with Crippen molar-refractivity contribution in [1.29, 1.82) is 0 Å². The number of nitrogens with zero attached hydrogens (tertiary/aromatic N) is 1. The summed E-state index contributed by atoms with van der Waals surface area (Å²) in [7, 11) is 0. The second-order valence-corrected chi connectivity index (χ2v) is 16.0. The van der Waals surface area contributed by atoms with Crippen LogP contribution in [-0.2, 0) is 5.41 Å². The molecular formula is C58H56N2. The van der Waals surface area contributed by atoms with Crippen LogP contribution in [0.2, 0.25) is 0 Å². The van der Waals surface area contributed by atoms with Gasteiger partial charge in [-0.05, 0) is 105 Å². The Morgan fingerprint density at radius 3 is 1.78 bits per heavy atom. The summed E-state index contributed by atoms with van der Waals surface area (Å²) in [6.07, 6.45) is 4.60. The molecule has 0 spiro atoms. The normalized spacial score (nSPS) is 12.2. The summed E-state index contributed by atoms with van der Waals surface area (Å²) >= 11 is 0. The lowest BCUT2D eigenvalue weighted by atomic mass is 9.82. The Morgan fingerprint density at radius 1 is 0.550 bits per heavy atom. The first-order valence-electron chi connectivity index (χ1n) is 21.2. The number of unbranched alkanes of at least 4 members (excludes halogenated alkanes) is 1. The molecule has 8 aromatic carbocycles. The predicted octanol–water partition coefficient (Wildman–Crippen LogP) is 16.1. The highest BCUT2D eigenvalue weighted by Gasteiger charge is 2.35. The third-order valence-corrected chi connectivity index (χ3v) is 11.4. The van der Waals surface area contributed by atoms with Crippen LogP contribution in [-0.4, -0.2) is 0 Å². The second kappa shape index (κ2) is 18.8. The van der Waals surface area contributed by atoms with Crippen molar-refractivity contribution in [2.75, 3.05) is 4.90 Å². The van der Waals surface area contributed by atoms with Crippen molar-refractivity contribution >= 4 is 39.1 Å². The number of allylic oxidation sites excluding steroid dienone is 2. The zero-order valence-corrected chi connectivity index (χ0v) is 35.7. The number of nitrogens with two attached hydrogens (primary N) is 1. The largest absolute Gasteiger partial charge is 0.398 e. The highest BCUT2D eigenvalue weighted by atomic mass is 15.1. The van der Waals surface area contributed by atoms with Gasteiger partial charge < -0.3 is 10.6 Å². The van der Waals surface area contributed by atoms with Gasteiger partial charge >= 0.3 is 0 Å². The summed E-state index contributed by atoms with van der Waals surface area (Å²) in [6.45, 7) is 15.2. The van der Waals surface area contributed by atoms with Crippen molar-refractivity contribution < 1.29 is 0 Å². The molecule has 60 heavy (non-hydrogen) atoms. The van der Waals surface area contributed by atoms with E-state index in [2.05, 4.69) is 222 Å². The van der Waals surface area contributed by atoms with E-state index in [1.165, 1.54) is 68.2 Å². The van der Waals surface area contributed by atoms with Gasteiger partial charge in [0.05, 0.1) is 5.69 Å². The van der Waals surface area contributed by atoms with E-state index in [9.17, 15) is 0 Å². The molecule has 8 aromatic rings. The molecule has 0 saturated heterocycles. The zero-order valence-electron chi connectivity index (χ0n) is 35.7. The molecule has 0 amide bonds. The molecule has 0 saturated carbocycles. The molecule has 0 fully saturated rings. The molecule has 2 nitrogen and oxygen atoms in total. The Morgan fingerprint density at radius 2 is 1.10 bits per heavy atom. The minimum Gasteiger partial charge on any atom is -0.398 e. The lowest BCUT2D eigenvalue weighted by Crippen LogP contribution is -2.15. The van der Waals surface area contributed by atoms with Gasteiger partial charge in [-0.25, -0.2) is 0 Å². The maximum Gasteiger partial charge on any atom is 0.0540 e. The summed E-state index contributed by atoms with van der Waals surface area (Å²) < 4.78 is 0. The Labute approximate surface area is 358 Å². The molecular weight excluding hydrogens is 725 g/mol. The third-order valence-electron chi connectivity index (χ3n) is 11.4. The van der Waals surface area contributed by atoms with E-state index in [-0.39, 0.29) is 5.41 Å². The SMILES string of the molecule is C=C(/C=C(\N)c1ccc2c(c1)C(C)(C)c1ccccc1-2)c1ccccc1.CCCC.Cc1ccc(-c2ccc(N(c3ccccc3)c3cccc4ccccc34)cc2)cc1. The third kappa shape index (κ3) is 9.04. The number of hydrogen-bond donors (Lipinski definition) is 1. The van der Waals surface area contributed by atoms with Crippen LogP contribution in [0.3, 0.4) is 0 Å². The molecule has 0 aliphatic heterocycles. The van der Waals surface area contributed by atoms with Gasteiger partial charge in [-0.2, -0.15) is 0 Å². The molecule has 0 radical (unpaired) electrons. The van der Waals surface area contributed by atoms with Crippen LogP contribution >= 0.6 is 0 Å². The topological polar surface area (TPSA) is 29.3 Å². The van der Waals surface area contributed by atoms with Crippen LogP contribution in [0, 0.1) is 6.92 Å². The highest BCUT2D eigenvalue weighted by Crippen LogP contribution is 2.49. The average molecular weight is 781 g/mol. The van der Waals surface area contributed by atoms with Crippen molar-refractivity contribution in [2.45, 2.75) is 52.9 Å². The Hall–Kier alpha value is -6.90. The molecule has 0 aromatic heterocycles. The predicted molar refractivity (Wildman–Crippen MR) is 261 cm³/mol. The van der Waals surface area contributed by atoms with Gasteiger partial charge in [0, 0.05) is 27.9 Å². The van der Waals surface area contributed by atoms with E-state index >= 15 is 0 Å². The first-order valence-corrected chi connectivity index (χ1v) is 21.2. The van der Waals surface area contributed by atoms with Gasteiger partial charge in [-0.1, -0.05) is 210 Å². The van der Waals surface area contributed by atoms with E-state index in [0.717, 1.165) is 33.8 Å². The van der Waals surface area contributed by atoms with Crippen LogP contribution in [0.1, 0.15) is 68.4 Å². The molecule has 0 heterocycles. The van der Waals surface area contributed by atoms with Crippen molar-refractivity contribution in [3.05, 3.63) is 235 Å². The van der Waals surface area contributed by atoms with Gasteiger partial charge in [0.15, 0.2) is 0 Å². The van der Waals surface area contributed by atoms with Crippen LogP contribution in [0.25, 0.3) is 44.3 Å². The molecule has 1 aliphatic carbocycles. The number of para-hydroxylation sites is 1. The summed E-state index contributed by atoms with van der Waals surface area (Å²) in [5.74, 6) is 0. The molecule has 0 unspecified atom stereocenters. The van der Waals surface area contributed by atoms with E-state index in [4.69, 9.17) is 5.73 Å². The lowest BCUT2D eigenvalue weighted by molar-refractivity contribution is 0.660. The second-order valence-electron chi connectivity index (χ2n) is 16.0. The maximum atomic E-state index is 6.42. The van der Waals surface area contributed by atoms with Gasteiger partial charge in [0.1, 0.15) is 0 Å². The standard InChI is InChI=1S/C29H23N.C25H23N.C4H10/c1-22-14-16-23(17-15-22)24-18-20-27(21-19-24)30(26-10-3-2-4-11-26)29-13-7-9-25-8-5-6-12-28(25)29;1-17(18-9-5-4-6-10-18)15-24(26)19-13-14-21-20-11-7-8-12-22(20)25(2,3)23(21)16-19;1-3-4-2/h2-21H,1H3;4-16H,1,26H2,2-3H3;3-4H2,1-2H3/b;24-15-;. The first-order chi connectivity index (χ1) is 29.2. The molecule has 298 valence electrons. The summed E-state index contributed by atoms with van der Waals surface area (Å²) in [5.41, 5.74) is 22.8. The molecule has 1 aliphatic rings. The minimum absolute atomic E-state index is 0.0152. The molecule has 9 rings (SSSR count). The van der Waals surface area contributed by atoms with E-state index < -0.39 is 0 Å². The quantitative estimate of drug-likeness (QED) is 0.156. The van der Waals surface area contributed by atoms with E-state index in [1.807, 2.05) is 24.3 Å². The average Bonchev–Trinajstić information content (AvgIpc) is 3.53. The smallest absolute Gasteiger partial charge is 0.0540 e. The number of benzene rings is 8. The minimum atomic E-state index is -0.0152. The van der Waals surface area contributed by atoms with Crippen molar-refractivity contribution in [1.82, 2.24) is 0 Å². The fraction of sp³-hybridized carbons (Fsp3) is 0.138. The summed E-state index contributed by atoms with van der Waals surface area (Å²) in [4.78, 5) is 2.33. The van der Waals surface area contributed by atoms with E-state index in [0.29, 0.717) is 0 Å². The number of hydrogen-bond acceptors (Lipinski definition) is 2. The van der Waals surface area contributed by atoms with Crippen LogP contribution in [0.5, 0.6) is 0 Å². The van der Waals surface area contributed by atoms with Crippen molar-refractivity contribution in [3.8, 4) is 22.3 Å². The van der Waals surface area contributed by atoms with Gasteiger partial charge in [-0.15, -0.1) is 0 Å². The first kappa shape index (κ1) is 41.3. The maximum absolute atomic E-state index is 6.42. The van der Waals surface area contributed by atoms with Crippen LogP contribution in [0.4, 0.5) is 17.1 Å². The molecule has 0 bridgehead atoms. The monoisotopic (exact) mass is 780 g/mol. The van der Waals surface area contributed by atoms with Gasteiger partial charge in [-0.3, -0.25) is 0 Å². The molecule has 0 atom stereocenters. The Balaban J connectivity index is 0.000000168. The Kier molecular flexibility index (Phi) is 12.9. The highest BCUT2D eigenvalue weighted by molar-refractivity contribution is 5.99. The van der Waals surface area contributed by atoms with Gasteiger partial charge in [0.25, 0.3) is 0 Å². The van der Waals surface area contributed by atoms with Crippen LogP contribution < -0.4 is 10.6 Å². The van der Waals surface area contributed by atoms with Gasteiger partial charge in [0.2, 0.25) is 0 Å². The lowest BCUT2D eigenvalue weighted by Gasteiger charge is -2.27. The zero-order chi connectivity index (χ0) is 42.1. The fourth-order valence-corrected chi connectivity index (χ4v) is 7.85. The Bertz CT molecular complexity index is 2700. The number of fused-ring (bicyclic) bond motifs is 4. The summed E-state index contributed by atoms with van der Waals surface area (Å²) in [5, 5.41) is 2.48. The molecule has 2 N–H and O–H groups in total. The van der Waals surface area contributed by atoms with Crippen molar-refractivity contribution in [3.63, 3.8) is 0 Å². The number of aryl methyl sites for hydroxylation is 1. The summed E-state index contributed by atoms with van der Waals surface area (Å²) in [6, 6.07) is 68.5. The number of rotatable bonds is 8. The van der Waals surface area contributed by atoms with Crippen molar-refractivity contribution in [2.24, 2.45) is 5.73 Å². The fourth-order valence-electron chi connectivity index (χ4n) is 7.85. The number of anilines is 3.